The molecule has 0 saturated carbocycles. The Balaban J connectivity index is 1.76. The molecule has 3 atom stereocenters. The minimum absolute atomic E-state index is 0.00418. The Hall–Kier alpha value is -2.76. The van der Waals surface area contributed by atoms with Crippen LogP contribution in [0.25, 0.3) is 0 Å². The Bertz CT molecular complexity index is 1280. The predicted octanol–water partition coefficient (Wildman–Crippen LogP) is 2.64. The number of aryl methyl sites for hydroxylation is 1. The molecule has 0 spiro atoms. The van der Waals surface area contributed by atoms with Crippen LogP contribution >= 0.6 is 0 Å². The molecular weight excluding hydrogens is 500 g/mol. The number of halogens is 2. The second-order valence-corrected chi connectivity index (χ2v) is 11.0. The molecule has 0 amide bonds. The summed E-state index contributed by atoms with van der Waals surface area (Å²) < 4.78 is 56.3. The van der Waals surface area contributed by atoms with E-state index < -0.39 is 39.3 Å². The van der Waals surface area contributed by atoms with Crippen LogP contribution in [0.2, 0.25) is 0 Å². The number of aliphatic hydroxyl groups excluding tert-OH is 1. The Morgan fingerprint density at radius 2 is 1.81 bits per heavy atom. The summed E-state index contributed by atoms with van der Waals surface area (Å²) in [5.41, 5.74) is 7.07. The first kappa shape index (κ1) is 28.8. The molecule has 2 aromatic carbocycles. The average molecular weight is 534 g/mol. The number of carbonyl (C=O) groups excluding carboxylic acids is 1. The zero-order chi connectivity index (χ0) is 27.2. The number of ketones is 1. The summed E-state index contributed by atoms with van der Waals surface area (Å²) in [4.78, 5) is 11.7. The van der Waals surface area contributed by atoms with Crippen LogP contribution in [-0.4, -0.2) is 43.5 Å². The van der Waals surface area contributed by atoms with Crippen molar-refractivity contribution in [3.63, 3.8) is 0 Å². The highest BCUT2D eigenvalue weighted by atomic mass is 32.2. The van der Waals surface area contributed by atoms with Crippen LogP contribution in [0, 0.1) is 11.6 Å². The smallest absolute Gasteiger partial charge is 0.240 e. The van der Waals surface area contributed by atoms with Crippen molar-refractivity contribution in [1.82, 2.24) is 10.0 Å². The lowest BCUT2D eigenvalue weighted by Gasteiger charge is -2.27. The van der Waals surface area contributed by atoms with E-state index >= 15 is 0 Å². The molecule has 7 nitrogen and oxygen atoms in total. The normalized spacial score (nSPS) is 19.4. The van der Waals surface area contributed by atoms with E-state index in [9.17, 15) is 27.1 Å². The summed E-state index contributed by atoms with van der Waals surface area (Å²) in [7, 11) is -4.15. The molecule has 2 aromatic rings. The van der Waals surface area contributed by atoms with Crippen molar-refractivity contribution < 1.29 is 27.1 Å². The summed E-state index contributed by atoms with van der Waals surface area (Å²) in [6.07, 6.45) is 3.42. The Morgan fingerprint density at radius 1 is 1.14 bits per heavy atom. The third kappa shape index (κ3) is 7.86. The molecule has 37 heavy (non-hydrogen) atoms. The van der Waals surface area contributed by atoms with Crippen molar-refractivity contribution in [2.24, 2.45) is 5.73 Å². The molecule has 1 aliphatic carbocycles. The first-order valence-electron chi connectivity index (χ1n) is 12.0. The van der Waals surface area contributed by atoms with Gasteiger partial charge in [0.1, 0.15) is 11.6 Å². The number of allylic oxidation sites excluding steroid dienone is 1. The molecule has 0 fully saturated rings. The first-order chi connectivity index (χ1) is 17.4. The zero-order valence-electron chi connectivity index (χ0n) is 20.9. The number of nitrogens with two attached hydrogens (primary N) is 1. The molecule has 0 radical (unpaired) electrons. The van der Waals surface area contributed by atoms with Gasteiger partial charge in [-0.1, -0.05) is 43.3 Å². The second kappa shape index (κ2) is 12.2. The number of rotatable bonds is 12. The molecule has 5 N–H and O–H groups in total. The third-order valence-electron chi connectivity index (χ3n) is 6.38. The number of hydrogen-bond donors (Lipinski definition) is 4. The van der Waals surface area contributed by atoms with Gasteiger partial charge in [-0.15, -0.1) is 0 Å². The van der Waals surface area contributed by atoms with E-state index in [2.05, 4.69) is 10.0 Å². The van der Waals surface area contributed by atoms with Crippen molar-refractivity contribution in [2.75, 3.05) is 6.54 Å². The fourth-order valence-corrected chi connectivity index (χ4v) is 5.39. The van der Waals surface area contributed by atoms with Crippen molar-refractivity contribution in [1.29, 1.82) is 0 Å². The largest absolute Gasteiger partial charge is 0.390 e. The minimum Gasteiger partial charge on any atom is -0.390 e. The summed E-state index contributed by atoms with van der Waals surface area (Å²) in [5, 5.41) is 14.0. The quantitative estimate of drug-likeness (QED) is 0.333. The Morgan fingerprint density at radius 3 is 2.41 bits per heavy atom. The van der Waals surface area contributed by atoms with Crippen LogP contribution in [0.5, 0.6) is 0 Å². The van der Waals surface area contributed by atoms with Crippen LogP contribution in [0.15, 0.2) is 65.6 Å². The third-order valence-corrected chi connectivity index (χ3v) is 7.92. The van der Waals surface area contributed by atoms with Gasteiger partial charge in [0, 0.05) is 19.2 Å². The van der Waals surface area contributed by atoms with Gasteiger partial charge in [-0.2, -0.15) is 0 Å². The van der Waals surface area contributed by atoms with Gasteiger partial charge in [-0.3, -0.25) is 4.79 Å². The summed E-state index contributed by atoms with van der Waals surface area (Å²) in [6.45, 7) is 3.84. The minimum atomic E-state index is -4.15. The number of benzene rings is 2. The van der Waals surface area contributed by atoms with Gasteiger partial charge in [0.05, 0.1) is 22.6 Å². The van der Waals surface area contributed by atoms with Crippen molar-refractivity contribution in [3.8, 4) is 0 Å². The maximum Gasteiger partial charge on any atom is 0.240 e. The molecule has 0 aromatic heterocycles. The lowest BCUT2D eigenvalue weighted by atomic mass is 9.89. The average Bonchev–Trinajstić information content (AvgIpc) is 2.83. The maximum absolute atomic E-state index is 13.8. The highest BCUT2D eigenvalue weighted by Crippen LogP contribution is 2.23. The molecule has 0 heterocycles. The number of carbonyl (C=O) groups is 1. The molecule has 0 saturated heterocycles. The number of nitrogens with one attached hydrogen (secondary N) is 2. The van der Waals surface area contributed by atoms with Crippen molar-refractivity contribution >= 4 is 15.8 Å². The summed E-state index contributed by atoms with van der Waals surface area (Å²) in [5.74, 6) is -1.91. The molecule has 3 rings (SSSR count). The van der Waals surface area contributed by atoms with Gasteiger partial charge in [-0.05, 0) is 61.1 Å². The molecule has 1 aliphatic rings. The van der Waals surface area contributed by atoms with Crippen LogP contribution in [0.3, 0.4) is 0 Å². The highest BCUT2D eigenvalue weighted by molar-refractivity contribution is 7.93. The maximum atomic E-state index is 13.8. The van der Waals surface area contributed by atoms with Crippen LogP contribution in [-0.2, 0) is 34.2 Å². The number of Topliss-reactive ketones (excluding diaryl/α,β-unsaturated/α-hetero) is 1. The molecule has 0 aliphatic heterocycles. The standard InChI is InChI=1S/C27H33F2N3O4S/c1-3-19-5-4-6-20(11-19)16-31-17-26(34)25(14-21-12-22(28)15-23(29)13-21)32-37(35,36)24-7-9-27(30,10-8-24)18(2)33/h4-9,11-13,15,25-26,31-32,34H,3,10,14,16-17,30H2,1-2H3/t25-,26+,27?/m0/s1. The summed E-state index contributed by atoms with van der Waals surface area (Å²) in [6, 6.07) is 9.73. The highest BCUT2D eigenvalue weighted by Gasteiger charge is 2.33. The van der Waals surface area contributed by atoms with E-state index in [1.165, 1.54) is 30.7 Å². The SMILES string of the molecule is CCc1cccc(CNC[C@@H](O)[C@H](Cc2cc(F)cc(F)c2)NS(=O)(=O)C2=CCC(N)(C(C)=O)C=C2)c1. The van der Waals surface area contributed by atoms with E-state index in [0.717, 1.165) is 30.2 Å². The number of hydrogen-bond acceptors (Lipinski definition) is 6. The topological polar surface area (TPSA) is 122 Å². The van der Waals surface area contributed by atoms with Crippen molar-refractivity contribution in [3.05, 3.63) is 93.9 Å². The van der Waals surface area contributed by atoms with Gasteiger partial charge < -0.3 is 16.2 Å². The van der Waals surface area contributed by atoms with Crippen LogP contribution < -0.4 is 15.8 Å². The zero-order valence-corrected chi connectivity index (χ0v) is 21.7. The van der Waals surface area contributed by atoms with Gasteiger partial charge in [0.15, 0.2) is 5.78 Å². The van der Waals surface area contributed by atoms with Crippen LogP contribution in [0.1, 0.15) is 37.0 Å². The molecule has 1 unspecified atom stereocenters. The lowest BCUT2D eigenvalue weighted by Crippen LogP contribution is -2.49. The lowest BCUT2D eigenvalue weighted by molar-refractivity contribution is -0.120. The molecular formula is C27H33F2N3O4S. The van der Waals surface area contributed by atoms with E-state index in [-0.39, 0.29) is 35.6 Å². The van der Waals surface area contributed by atoms with E-state index in [1.54, 1.807) is 0 Å². The van der Waals surface area contributed by atoms with E-state index in [4.69, 9.17) is 5.73 Å². The summed E-state index contributed by atoms with van der Waals surface area (Å²) >= 11 is 0. The van der Waals surface area contributed by atoms with Crippen LogP contribution in [0.4, 0.5) is 8.78 Å². The van der Waals surface area contributed by atoms with E-state index in [0.29, 0.717) is 6.54 Å². The second-order valence-electron chi connectivity index (χ2n) is 9.32. The van der Waals surface area contributed by atoms with Gasteiger partial charge in [0.25, 0.3) is 0 Å². The van der Waals surface area contributed by atoms with Gasteiger partial charge in [-0.25, -0.2) is 21.9 Å². The molecule has 10 heteroatoms. The Labute approximate surface area is 216 Å². The van der Waals surface area contributed by atoms with Gasteiger partial charge >= 0.3 is 0 Å². The fourth-order valence-electron chi connectivity index (χ4n) is 4.07. The fraction of sp³-hybridized carbons (Fsp3) is 0.370. The molecule has 200 valence electrons. The number of aliphatic hydroxyl groups is 1. The van der Waals surface area contributed by atoms with Crippen molar-refractivity contribution in [2.45, 2.75) is 57.3 Å². The Kier molecular flexibility index (Phi) is 9.49. The van der Waals surface area contributed by atoms with Gasteiger partial charge in [0.2, 0.25) is 10.0 Å². The van der Waals surface area contributed by atoms with E-state index in [1.807, 2.05) is 31.2 Å². The molecule has 0 bridgehead atoms. The number of sulfonamides is 1. The first-order valence-corrected chi connectivity index (χ1v) is 13.5. The monoisotopic (exact) mass is 533 g/mol. The predicted molar refractivity (Wildman–Crippen MR) is 139 cm³/mol.